The normalized spacial score (nSPS) is 21.6. The first-order valence-electron chi connectivity index (χ1n) is 8.99. The fraction of sp³-hybridized carbons (Fsp3) is 0.238. The van der Waals surface area contributed by atoms with Gasteiger partial charge in [0.1, 0.15) is 5.76 Å². The van der Waals surface area contributed by atoms with Crippen LogP contribution < -0.4 is 5.32 Å². The third-order valence-corrected chi connectivity index (χ3v) is 5.75. The van der Waals surface area contributed by atoms with Crippen molar-refractivity contribution in [2.45, 2.75) is 31.6 Å². The maximum Gasteiger partial charge on any atom is 0.162 e. The molecule has 0 saturated heterocycles. The van der Waals surface area contributed by atoms with Crippen LogP contribution in [-0.2, 0) is 4.79 Å². The molecular formula is C21H18ClN3O2. The third kappa shape index (κ3) is 2.61. The highest BCUT2D eigenvalue weighted by atomic mass is 35.5. The van der Waals surface area contributed by atoms with E-state index in [9.17, 15) is 4.79 Å². The lowest BCUT2D eigenvalue weighted by Gasteiger charge is -2.34. The SMILES string of the molecule is Cc1[nH]nc2c1C(c1ccc(Cl)cc1)C1=C(CC(c3ccco3)CC1=O)N2. The van der Waals surface area contributed by atoms with Crippen LogP contribution in [-0.4, -0.2) is 16.0 Å². The summed E-state index contributed by atoms with van der Waals surface area (Å²) in [6.07, 6.45) is 2.83. The highest BCUT2D eigenvalue weighted by Crippen LogP contribution is 2.48. The Balaban J connectivity index is 1.64. The van der Waals surface area contributed by atoms with Crippen molar-refractivity contribution in [3.8, 4) is 0 Å². The molecule has 2 atom stereocenters. The molecule has 0 fully saturated rings. The van der Waals surface area contributed by atoms with Gasteiger partial charge >= 0.3 is 0 Å². The molecule has 136 valence electrons. The second-order valence-corrected chi connectivity index (χ2v) is 7.59. The summed E-state index contributed by atoms with van der Waals surface area (Å²) >= 11 is 6.08. The molecule has 6 heteroatoms. The number of ketones is 1. The van der Waals surface area contributed by atoms with Crippen molar-refractivity contribution in [2.24, 2.45) is 0 Å². The fourth-order valence-electron chi connectivity index (χ4n) is 4.27. The minimum Gasteiger partial charge on any atom is -0.469 e. The molecule has 2 aliphatic rings. The van der Waals surface area contributed by atoms with Gasteiger partial charge < -0.3 is 9.73 Å². The molecule has 3 heterocycles. The first kappa shape index (κ1) is 16.4. The molecule has 2 N–H and O–H groups in total. The van der Waals surface area contributed by atoms with Crippen molar-refractivity contribution >= 4 is 23.2 Å². The quantitative estimate of drug-likeness (QED) is 0.662. The molecule has 2 unspecified atom stereocenters. The van der Waals surface area contributed by atoms with Gasteiger partial charge in [-0.1, -0.05) is 23.7 Å². The summed E-state index contributed by atoms with van der Waals surface area (Å²) in [4.78, 5) is 13.2. The summed E-state index contributed by atoms with van der Waals surface area (Å²) in [5.41, 5.74) is 4.80. The Labute approximate surface area is 161 Å². The van der Waals surface area contributed by atoms with Crippen LogP contribution in [0.5, 0.6) is 0 Å². The summed E-state index contributed by atoms with van der Waals surface area (Å²) < 4.78 is 5.56. The van der Waals surface area contributed by atoms with Gasteiger partial charge in [-0.2, -0.15) is 5.10 Å². The number of allylic oxidation sites excluding steroid dienone is 2. The number of aryl methyl sites for hydroxylation is 1. The van der Waals surface area contributed by atoms with E-state index in [1.165, 1.54) is 0 Å². The Morgan fingerprint density at radius 1 is 1.19 bits per heavy atom. The fourth-order valence-corrected chi connectivity index (χ4v) is 4.40. The molecule has 5 nitrogen and oxygen atoms in total. The minimum atomic E-state index is -0.141. The van der Waals surface area contributed by atoms with E-state index in [1.807, 2.05) is 43.3 Å². The van der Waals surface area contributed by atoms with Crippen molar-refractivity contribution in [2.75, 3.05) is 5.32 Å². The molecule has 1 aromatic carbocycles. The van der Waals surface area contributed by atoms with E-state index in [0.717, 1.165) is 46.1 Å². The summed E-state index contributed by atoms with van der Waals surface area (Å²) in [7, 11) is 0. The molecule has 3 aromatic rings. The van der Waals surface area contributed by atoms with Crippen LogP contribution in [0.15, 0.2) is 58.3 Å². The van der Waals surface area contributed by atoms with E-state index in [4.69, 9.17) is 16.0 Å². The molecule has 5 rings (SSSR count). The summed E-state index contributed by atoms with van der Waals surface area (Å²) in [6.45, 7) is 1.99. The van der Waals surface area contributed by atoms with Gasteiger partial charge in [0.15, 0.2) is 11.6 Å². The number of hydrogen-bond donors (Lipinski definition) is 2. The minimum absolute atomic E-state index is 0.0474. The van der Waals surface area contributed by atoms with E-state index in [-0.39, 0.29) is 17.6 Å². The average Bonchev–Trinajstić information content (AvgIpc) is 3.31. The number of carbonyl (C=O) groups is 1. The van der Waals surface area contributed by atoms with Crippen LogP contribution in [0.1, 0.15) is 47.3 Å². The lowest BCUT2D eigenvalue weighted by Crippen LogP contribution is -2.29. The lowest BCUT2D eigenvalue weighted by molar-refractivity contribution is -0.116. The molecule has 0 radical (unpaired) electrons. The van der Waals surface area contributed by atoms with Crippen LogP contribution in [0.3, 0.4) is 0 Å². The van der Waals surface area contributed by atoms with Crippen LogP contribution in [0.25, 0.3) is 0 Å². The van der Waals surface area contributed by atoms with Gasteiger partial charge in [-0.15, -0.1) is 0 Å². The topological polar surface area (TPSA) is 70.9 Å². The van der Waals surface area contributed by atoms with Gasteiger partial charge in [-0.25, -0.2) is 0 Å². The second-order valence-electron chi connectivity index (χ2n) is 7.16. The van der Waals surface area contributed by atoms with Crippen molar-refractivity contribution in [3.63, 3.8) is 0 Å². The van der Waals surface area contributed by atoms with E-state index >= 15 is 0 Å². The molecule has 0 spiro atoms. The Bertz CT molecular complexity index is 1050. The van der Waals surface area contributed by atoms with Gasteiger partial charge in [0.2, 0.25) is 0 Å². The molecular weight excluding hydrogens is 362 g/mol. The molecule has 0 saturated carbocycles. The molecule has 2 aromatic heterocycles. The zero-order chi connectivity index (χ0) is 18.5. The van der Waals surface area contributed by atoms with Crippen LogP contribution in [0.4, 0.5) is 5.82 Å². The Hall–Kier alpha value is -2.79. The smallest absolute Gasteiger partial charge is 0.162 e. The van der Waals surface area contributed by atoms with E-state index in [0.29, 0.717) is 11.4 Å². The molecule has 0 bridgehead atoms. The Morgan fingerprint density at radius 2 is 2.00 bits per heavy atom. The maximum atomic E-state index is 13.2. The number of hydrogen-bond acceptors (Lipinski definition) is 4. The molecule has 0 amide bonds. The summed E-state index contributed by atoms with van der Waals surface area (Å²) in [5.74, 6) is 1.70. The maximum absolute atomic E-state index is 13.2. The highest BCUT2D eigenvalue weighted by Gasteiger charge is 2.40. The number of aromatic nitrogens is 2. The predicted octanol–water partition coefficient (Wildman–Crippen LogP) is 4.92. The third-order valence-electron chi connectivity index (χ3n) is 5.50. The highest BCUT2D eigenvalue weighted by molar-refractivity contribution is 6.30. The number of Topliss-reactive ketones (excluding diaryl/α,β-unsaturated/α-hetero) is 1. The molecule has 1 aliphatic carbocycles. The van der Waals surface area contributed by atoms with Gasteiger partial charge in [0.25, 0.3) is 0 Å². The molecule has 1 aliphatic heterocycles. The number of nitrogens with zero attached hydrogens (tertiary/aromatic N) is 1. The number of aromatic amines is 1. The van der Waals surface area contributed by atoms with Crippen molar-refractivity contribution in [3.05, 3.63) is 81.5 Å². The van der Waals surface area contributed by atoms with Crippen molar-refractivity contribution in [1.29, 1.82) is 0 Å². The van der Waals surface area contributed by atoms with E-state index < -0.39 is 0 Å². The monoisotopic (exact) mass is 379 g/mol. The van der Waals surface area contributed by atoms with Crippen LogP contribution in [0.2, 0.25) is 5.02 Å². The van der Waals surface area contributed by atoms with Gasteiger partial charge in [0.05, 0.1) is 6.26 Å². The lowest BCUT2D eigenvalue weighted by atomic mass is 9.73. The number of benzene rings is 1. The average molecular weight is 380 g/mol. The van der Waals surface area contributed by atoms with Gasteiger partial charge in [-0.05, 0) is 43.2 Å². The zero-order valence-electron chi connectivity index (χ0n) is 14.8. The summed E-state index contributed by atoms with van der Waals surface area (Å²) in [5, 5.41) is 11.6. The van der Waals surface area contributed by atoms with E-state index in [2.05, 4.69) is 15.5 Å². The Morgan fingerprint density at radius 3 is 2.74 bits per heavy atom. The zero-order valence-corrected chi connectivity index (χ0v) is 15.5. The standard InChI is InChI=1S/C21H18ClN3O2/c1-11-18-19(12-4-6-14(22)7-5-12)20-15(23-21(18)25-24-11)9-13(10-16(20)26)17-3-2-8-27-17/h2-8,13,19H,9-10H2,1H3,(H2,23,24,25). The number of H-pyrrole nitrogens is 1. The number of halogens is 1. The second kappa shape index (κ2) is 6.13. The number of rotatable bonds is 2. The molecule has 27 heavy (non-hydrogen) atoms. The van der Waals surface area contributed by atoms with Gasteiger partial charge in [-0.3, -0.25) is 9.89 Å². The van der Waals surface area contributed by atoms with Crippen LogP contribution in [0, 0.1) is 6.92 Å². The number of anilines is 1. The van der Waals surface area contributed by atoms with Crippen LogP contribution >= 0.6 is 11.6 Å². The first-order chi connectivity index (χ1) is 13.1. The number of furan rings is 1. The number of carbonyl (C=O) groups excluding carboxylic acids is 1. The number of nitrogens with one attached hydrogen (secondary N) is 2. The largest absolute Gasteiger partial charge is 0.469 e. The van der Waals surface area contributed by atoms with Crippen molar-refractivity contribution < 1.29 is 9.21 Å². The first-order valence-corrected chi connectivity index (χ1v) is 9.36. The number of fused-ring (bicyclic) bond motifs is 1. The predicted molar refractivity (Wildman–Crippen MR) is 103 cm³/mol. The summed E-state index contributed by atoms with van der Waals surface area (Å²) in [6, 6.07) is 11.5. The van der Waals surface area contributed by atoms with Gasteiger partial charge in [0, 0.05) is 45.8 Å². The van der Waals surface area contributed by atoms with Crippen molar-refractivity contribution in [1.82, 2.24) is 10.2 Å². The van der Waals surface area contributed by atoms with E-state index in [1.54, 1.807) is 6.26 Å². The Kier molecular flexibility index (Phi) is 3.72.